The van der Waals surface area contributed by atoms with E-state index in [1.165, 1.54) is 25.9 Å². The van der Waals surface area contributed by atoms with Crippen LogP contribution in [0, 0.1) is 0 Å². The molecule has 1 amide bonds. The highest BCUT2D eigenvalue weighted by atomic mass is 16.5. The average molecular weight is 288 g/mol. The summed E-state index contributed by atoms with van der Waals surface area (Å²) in [6.45, 7) is 6.49. The fourth-order valence-corrected chi connectivity index (χ4v) is 3.45. The van der Waals surface area contributed by atoms with Crippen LogP contribution >= 0.6 is 0 Å². The Kier molecular flexibility index (Phi) is 3.89. The molecule has 1 atom stereocenters. The molecule has 4 heteroatoms. The minimum atomic E-state index is -0.0135. The van der Waals surface area contributed by atoms with Crippen LogP contribution in [-0.4, -0.2) is 44.1 Å². The highest BCUT2D eigenvalue weighted by molar-refractivity contribution is 5.97. The zero-order chi connectivity index (χ0) is 14.9. The van der Waals surface area contributed by atoms with Crippen molar-refractivity contribution in [2.24, 2.45) is 0 Å². The molecule has 0 saturated carbocycles. The van der Waals surface area contributed by atoms with Gasteiger partial charge in [0, 0.05) is 17.5 Å². The van der Waals surface area contributed by atoms with Crippen LogP contribution in [0.25, 0.3) is 0 Å². The molecule has 1 saturated heterocycles. The van der Waals surface area contributed by atoms with Gasteiger partial charge in [0.25, 0.3) is 5.91 Å². The number of carbonyl (C=O) groups excluding carboxylic acids is 1. The number of likely N-dealkylation sites (tertiary alicyclic amines) is 1. The van der Waals surface area contributed by atoms with E-state index in [0.29, 0.717) is 6.54 Å². The number of fused-ring (bicyclic) bond motifs is 1. The first-order valence-electron chi connectivity index (χ1n) is 7.81. The van der Waals surface area contributed by atoms with E-state index in [-0.39, 0.29) is 11.3 Å². The maximum Gasteiger partial charge on any atom is 0.251 e. The number of methoxy groups -OCH3 is 1. The second-order valence-corrected chi connectivity index (χ2v) is 6.45. The Morgan fingerprint density at radius 3 is 2.81 bits per heavy atom. The standard InChI is InChI=1S/C17H24N2O2/c1-17(7-10-19-8-3-4-9-19)12-18-16(20)14-6-5-13(21-2)11-15(14)17/h5-6,11H,3-4,7-10,12H2,1-2H3,(H,18,20). The number of ether oxygens (including phenoxy) is 1. The first kappa shape index (κ1) is 14.4. The molecule has 0 aliphatic carbocycles. The van der Waals surface area contributed by atoms with Crippen LogP contribution in [0.15, 0.2) is 18.2 Å². The zero-order valence-electron chi connectivity index (χ0n) is 12.9. The maximum absolute atomic E-state index is 12.1. The van der Waals surface area contributed by atoms with Gasteiger partial charge in [0.15, 0.2) is 0 Å². The largest absolute Gasteiger partial charge is 0.497 e. The monoisotopic (exact) mass is 288 g/mol. The van der Waals surface area contributed by atoms with Gasteiger partial charge in [-0.15, -0.1) is 0 Å². The molecule has 3 rings (SSSR count). The van der Waals surface area contributed by atoms with Gasteiger partial charge in [-0.1, -0.05) is 6.92 Å². The molecule has 21 heavy (non-hydrogen) atoms. The number of nitrogens with zero attached hydrogens (tertiary/aromatic N) is 1. The molecule has 2 aliphatic rings. The lowest BCUT2D eigenvalue weighted by molar-refractivity contribution is 0.0922. The van der Waals surface area contributed by atoms with Crippen molar-refractivity contribution < 1.29 is 9.53 Å². The Labute approximate surface area is 126 Å². The second-order valence-electron chi connectivity index (χ2n) is 6.45. The molecule has 1 aromatic carbocycles. The molecule has 0 bridgehead atoms. The Morgan fingerprint density at radius 2 is 2.10 bits per heavy atom. The van der Waals surface area contributed by atoms with Gasteiger partial charge in [0.1, 0.15) is 5.75 Å². The van der Waals surface area contributed by atoms with E-state index in [2.05, 4.69) is 17.1 Å². The van der Waals surface area contributed by atoms with E-state index in [1.54, 1.807) is 7.11 Å². The first-order valence-corrected chi connectivity index (χ1v) is 7.81. The van der Waals surface area contributed by atoms with Gasteiger partial charge in [0.05, 0.1) is 7.11 Å². The van der Waals surface area contributed by atoms with E-state index in [0.717, 1.165) is 29.8 Å². The highest BCUT2D eigenvalue weighted by Gasteiger charge is 2.36. The van der Waals surface area contributed by atoms with Crippen molar-refractivity contribution in [2.75, 3.05) is 33.3 Å². The molecule has 114 valence electrons. The van der Waals surface area contributed by atoms with Gasteiger partial charge >= 0.3 is 0 Å². The smallest absolute Gasteiger partial charge is 0.251 e. The molecule has 1 unspecified atom stereocenters. The number of nitrogens with one attached hydrogen (secondary N) is 1. The highest BCUT2D eigenvalue weighted by Crippen LogP contribution is 2.35. The number of carbonyl (C=O) groups is 1. The van der Waals surface area contributed by atoms with Gasteiger partial charge < -0.3 is 15.0 Å². The van der Waals surface area contributed by atoms with Crippen LogP contribution in [0.1, 0.15) is 42.1 Å². The SMILES string of the molecule is COc1ccc2c(c1)C(C)(CCN1CCCC1)CNC2=O. The molecule has 4 nitrogen and oxygen atoms in total. The van der Waals surface area contributed by atoms with Crippen molar-refractivity contribution in [1.82, 2.24) is 10.2 Å². The van der Waals surface area contributed by atoms with Gasteiger partial charge in [-0.25, -0.2) is 0 Å². The predicted molar refractivity (Wildman–Crippen MR) is 83.0 cm³/mol. The fourth-order valence-electron chi connectivity index (χ4n) is 3.45. The van der Waals surface area contributed by atoms with Gasteiger partial charge in [0.2, 0.25) is 0 Å². The van der Waals surface area contributed by atoms with Crippen LogP contribution in [0.5, 0.6) is 5.75 Å². The van der Waals surface area contributed by atoms with Gasteiger partial charge in [-0.2, -0.15) is 0 Å². The Bertz CT molecular complexity index is 538. The Balaban J connectivity index is 1.85. The van der Waals surface area contributed by atoms with Gasteiger partial charge in [-0.05, 0) is 62.7 Å². The zero-order valence-corrected chi connectivity index (χ0v) is 12.9. The lowest BCUT2D eigenvalue weighted by Gasteiger charge is -2.37. The Hall–Kier alpha value is -1.55. The van der Waals surface area contributed by atoms with Crippen LogP contribution in [-0.2, 0) is 5.41 Å². The molecular formula is C17H24N2O2. The topological polar surface area (TPSA) is 41.6 Å². The number of amides is 1. The van der Waals surface area contributed by atoms with Crippen LogP contribution in [0.3, 0.4) is 0 Å². The summed E-state index contributed by atoms with van der Waals surface area (Å²) < 4.78 is 5.34. The minimum absolute atomic E-state index is 0.0135. The summed E-state index contributed by atoms with van der Waals surface area (Å²) in [6.07, 6.45) is 3.70. The molecule has 1 N–H and O–H groups in total. The first-order chi connectivity index (χ1) is 10.1. The lowest BCUT2D eigenvalue weighted by atomic mass is 9.74. The predicted octanol–water partition coefficient (Wildman–Crippen LogP) is 2.18. The molecule has 0 aromatic heterocycles. The van der Waals surface area contributed by atoms with Crippen LogP contribution < -0.4 is 10.1 Å². The van der Waals surface area contributed by atoms with E-state index in [1.807, 2.05) is 18.2 Å². The van der Waals surface area contributed by atoms with Gasteiger partial charge in [-0.3, -0.25) is 4.79 Å². The van der Waals surface area contributed by atoms with E-state index >= 15 is 0 Å². The summed E-state index contributed by atoms with van der Waals surface area (Å²) in [5.41, 5.74) is 1.91. The summed E-state index contributed by atoms with van der Waals surface area (Å²) >= 11 is 0. The third-order valence-corrected chi connectivity index (χ3v) is 4.94. The second kappa shape index (κ2) is 5.68. The quantitative estimate of drug-likeness (QED) is 0.923. The summed E-state index contributed by atoms with van der Waals surface area (Å²) in [5, 5.41) is 3.04. The van der Waals surface area contributed by atoms with E-state index < -0.39 is 0 Å². The normalized spacial score (nSPS) is 25.5. The summed E-state index contributed by atoms with van der Waals surface area (Å²) in [5.74, 6) is 0.863. The van der Waals surface area contributed by atoms with Crippen molar-refractivity contribution in [3.8, 4) is 5.75 Å². The Morgan fingerprint density at radius 1 is 1.33 bits per heavy atom. The fraction of sp³-hybridized carbons (Fsp3) is 0.588. The number of hydrogen-bond donors (Lipinski definition) is 1. The molecule has 0 radical (unpaired) electrons. The van der Waals surface area contributed by atoms with Crippen molar-refractivity contribution in [2.45, 2.75) is 31.6 Å². The summed E-state index contributed by atoms with van der Waals surface area (Å²) in [6, 6.07) is 5.79. The third kappa shape index (κ3) is 2.77. The van der Waals surface area contributed by atoms with Crippen LogP contribution in [0.2, 0.25) is 0 Å². The van der Waals surface area contributed by atoms with E-state index in [9.17, 15) is 4.79 Å². The molecule has 0 spiro atoms. The number of rotatable bonds is 4. The number of hydrogen-bond acceptors (Lipinski definition) is 3. The van der Waals surface area contributed by atoms with Crippen molar-refractivity contribution in [3.63, 3.8) is 0 Å². The van der Waals surface area contributed by atoms with E-state index in [4.69, 9.17) is 4.74 Å². The molecule has 1 aromatic rings. The minimum Gasteiger partial charge on any atom is -0.497 e. The number of benzene rings is 1. The van der Waals surface area contributed by atoms with Crippen LogP contribution in [0.4, 0.5) is 0 Å². The molecule has 2 heterocycles. The van der Waals surface area contributed by atoms with Crippen molar-refractivity contribution in [1.29, 1.82) is 0 Å². The molecular weight excluding hydrogens is 264 g/mol. The maximum atomic E-state index is 12.1. The lowest BCUT2D eigenvalue weighted by Crippen LogP contribution is -2.46. The van der Waals surface area contributed by atoms with Crippen molar-refractivity contribution >= 4 is 5.91 Å². The molecule has 1 fully saturated rings. The van der Waals surface area contributed by atoms with Crippen molar-refractivity contribution in [3.05, 3.63) is 29.3 Å². The summed E-state index contributed by atoms with van der Waals surface area (Å²) in [4.78, 5) is 14.6. The third-order valence-electron chi connectivity index (χ3n) is 4.94. The average Bonchev–Trinajstić information content (AvgIpc) is 3.03. The molecule has 2 aliphatic heterocycles. The summed E-state index contributed by atoms with van der Waals surface area (Å²) in [7, 11) is 1.67.